The maximum atomic E-state index is 12.4. The highest BCUT2D eigenvalue weighted by Gasteiger charge is 2.22. The van der Waals surface area contributed by atoms with Crippen LogP contribution in [0.2, 0.25) is 0 Å². The Labute approximate surface area is 154 Å². The predicted octanol–water partition coefficient (Wildman–Crippen LogP) is 3.51. The van der Waals surface area contributed by atoms with Crippen LogP contribution in [0.1, 0.15) is 49.5 Å². The van der Waals surface area contributed by atoms with Gasteiger partial charge < -0.3 is 5.32 Å². The number of nitrogens with zero attached hydrogens (tertiary/aromatic N) is 4. The zero-order valence-electron chi connectivity index (χ0n) is 15.3. The van der Waals surface area contributed by atoms with Gasteiger partial charge in [0.2, 0.25) is 0 Å². The van der Waals surface area contributed by atoms with E-state index < -0.39 is 0 Å². The maximum Gasteiger partial charge on any atom is 0.272 e. The molecule has 1 aliphatic rings. The first-order valence-electron chi connectivity index (χ1n) is 9.39. The van der Waals surface area contributed by atoms with E-state index in [9.17, 15) is 4.79 Å². The lowest BCUT2D eigenvalue weighted by Gasteiger charge is -2.28. The number of nitrogens with one attached hydrogen (secondary N) is 1. The molecule has 0 radical (unpaired) electrons. The zero-order chi connectivity index (χ0) is 18.2. The number of amides is 1. The second-order valence-corrected chi connectivity index (χ2v) is 6.84. The van der Waals surface area contributed by atoms with E-state index in [-0.39, 0.29) is 11.9 Å². The first-order chi connectivity index (χ1) is 12.7. The fourth-order valence-electron chi connectivity index (χ4n) is 3.37. The van der Waals surface area contributed by atoms with Crippen LogP contribution in [0, 0.1) is 5.92 Å². The molecule has 0 aromatic carbocycles. The molecule has 0 unspecified atom stereocenters. The summed E-state index contributed by atoms with van der Waals surface area (Å²) in [6.45, 7) is 2.83. The van der Waals surface area contributed by atoms with Gasteiger partial charge in [0.25, 0.3) is 5.91 Å². The number of aromatic nitrogens is 4. The van der Waals surface area contributed by atoms with Gasteiger partial charge in [-0.05, 0) is 43.9 Å². The average Bonchev–Trinajstić information content (AvgIpc) is 3.34. The van der Waals surface area contributed by atoms with E-state index in [1.807, 2.05) is 41.4 Å². The van der Waals surface area contributed by atoms with Crippen LogP contribution in [-0.4, -0.2) is 31.5 Å². The van der Waals surface area contributed by atoms with Crippen LogP contribution in [-0.2, 0) is 6.54 Å². The third kappa shape index (κ3) is 5.18. The minimum atomic E-state index is -0.0931. The highest BCUT2D eigenvalue weighted by molar-refractivity contribution is 5.92. The van der Waals surface area contributed by atoms with Gasteiger partial charge in [-0.2, -0.15) is 10.2 Å². The van der Waals surface area contributed by atoms with Gasteiger partial charge in [-0.15, -0.1) is 0 Å². The molecule has 1 saturated carbocycles. The van der Waals surface area contributed by atoms with Crippen molar-refractivity contribution in [3.05, 3.63) is 54.6 Å². The van der Waals surface area contributed by atoms with Crippen molar-refractivity contribution < 1.29 is 4.79 Å². The first-order valence-corrected chi connectivity index (χ1v) is 9.39. The normalized spacial score (nSPS) is 17.1. The number of hydrogen-bond donors (Lipinski definition) is 1. The molecule has 0 saturated heterocycles. The van der Waals surface area contributed by atoms with E-state index in [1.165, 1.54) is 32.1 Å². The topological polar surface area (TPSA) is 64.7 Å². The van der Waals surface area contributed by atoms with Gasteiger partial charge in [0.15, 0.2) is 5.69 Å². The molecule has 0 spiro atoms. The highest BCUT2D eigenvalue weighted by Crippen LogP contribution is 2.26. The average molecular weight is 353 g/mol. The smallest absolute Gasteiger partial charge is 0.272 e. The minimum absolute atomic E-state index is 0.0931. The summed E-state index contributed by atoms with van der Waals surface area (Å²) in [4.78, 5) is 12.4. The van der Waals surface area contributed by atoms with Crippen molar-refractivity contribution in [2.45, 2.75) is 51.6 Å². The molecule has 2 aromatic heterocycles. The number of hydrogen-bond acceptors (Lipinski definition) is 3. The second kappa shape index (κ2) is 9.17. The lowest BCUT2D eigenvalue weighted by Crippen LogP contribution is -2.39. The van der Waals surface area contributed by atoms with Crippen LogP contribution in [0.25, 0.3) is 6.20 Å². The molecule has 6 nitrogen and oxygen atoms in total. The van der Waals surface area contributed by atoms with Crippen molar-refractivity contribution in [1.82, 2.24) is 24.9 Å². The van der Waals surface area contributed by atoms with Crippen molar-refractivity contribution in [3.63, 3.8) is 0 Å². The van der Waals surface area contributed by atoms with Gasteiger partial charge in [-0.3, -0.25) is 9.48 Å². The van der Waals surface area contributed by atoms with Crippen LogP contribution < -0.4 is 5.32 Å². The summed E-state index contributed by atoms with van der Waals surface area (Å²) in [6.07, 6.45) is 19.4. The van der Waals surface area contributed by atoms with E-state index in [4.69, 9.17) is 0 Å². The largest absolute Gasteiger partial charge is 0.348 e. The van der Waals surface area contributed by atoms with Crippen LogP contribution in [0.3, 0.4) is 0 Å². The Balaban J connectivity index is 1.47. The summed E-state index contributed by atoms with van der Waals surface area (Å²) in [7, 11) is 0. The van der Waals surface area contributed by atoms with Gasteiger partial charge in [-0.1, -0.05) is 31.4 Å². The van der Waals surface area contributed by atoms with E-state index >= 15 is 0 Å². The predicted molar refractivity (Wildman–Crippen MR) is 102 cm³/mol. The van der Waals surface area contributed by atoms with Crippen LogP contribution in [0.15, 0.2) is 49.0 Å². The SMILES string of the molecule is C[C@H](NC(=O)c1ccn(/C=C/C=C/Cn2cccn2)n1)C1CCCCC1. The van der Waals surface area contributed by atoms with Gasteiger partial charge >= 0.3 is 0 Å². The number of carbonyl (C=O) groups is 1. The molecule has 26 heavy (non-hydrogen) atoms. The molecule has 0 aliphatic heterocycles. The summed E-state index contributed by atoms with van der Waals surface area (Å²) in [5.41, 5.74) is 0.456. The Morgan fingerprint density at radius 1 is 1.31 bits per heavy atom. The number of allylic oxidation sites excluding steroid dienone is 3. The van der Waals surface area contributed by atoms with Crippen molar-refractivity contribution in [2.75, 3.05) is 0 Å². The van der Waals surface area contributed by atoms with Crippen molar-refractivity contribution in [1.29, 1.82) is 0 Å². The lowest BCUT2D eigenvalue weighted by molar-refractivity contribution is 0.0914. The molecule has 0 bridgehead atoms. The van der Waals surface area contributed by atoms with Gasteiger partial charge in [-0.25, -0.2) is 4.68 Å². The molecule has 2 aromatic rings. The van der Waals surface area contributed by atoms with E-state index in [1.54, 1.807) is 23.1 Å². The molecule has 2 heterocycles. The molecule has 1 fully saturated rings. The molecule has 1 aliphatic carbocycles. The van der Waals surface area contributed by atoms with Crippen LogP contribution in [0.5, 0.6) is 0 Å². The molecular formula is C20H27N5O. The van der Waals surface area contributed by atoms with Gasteiger partial charge in [0.05, 0.1) is 6.54 Å². The Hall–Kier alpha value is -2.63. The second-order valence-electron chi connectivity index (χ2n) is 6.84. The molecule has 1 amide bonds. The zero-order valence-corrected chi connectivity index (χ0v) is 15.3. The third-order valence-electron chi connectivity index (χ3n) is 4.89. The van der Waals surface area contributed by atoms with Crippen molar-refractivity contribution in [2.24, 2.45) is 5.92 Å². The molecule has 3 rings (SSSR count). The Bertz CT molecular complexity index is 738. The molecule has 1 N–H and O–H groups in total. The first kappa shape index (κ1) is 18.2. The van der Waals surface area contributed by atoms with Gasteiger partial charge in [0.1, 0.15) is 0 Å². The quantitative estimate of drug-likeness (QED) is 0.775. The Kier molecular flexibility index (Phi) is 6.41. The van der Waals surface area contributed by atoms with Crippen molar-refractivity contribution >= 4 is 12.1 Å². The maximum absolute atomic E-state index is 12.4. The highest BCUT2D eigenvalue weighted by atomic mass is 16.2. The summed E-state index contributed by atoms with van der Waals surface area (Å²) in [5.74, 6) is 0.499. The summed E-state index contributed by atoms with van der Waals surface area (Å²) in [6, 6.07) is 3.85. The summed E-state index contributed by atoms with van der Waals surface area (Å²) >= 11 is 0. The minimum Gasteiger partial charge on any atom is -0.348 e. The Morgan fingerprint density at radius 2 is 2.15 bits per heavy atom. The number of carbonyl (C=O) groups excluding carboxylic acids is 1. The third-order valence-corrected chi connectivity index (χ3v) is 4.89. The molecule has 1 atom stereocenters. The molecule has 138 valence electrons. The number of rotatable bonds is 7. The van der Waals surface area contributed by atoms with E-state index in [2.05, 4.69) is 22.4 Å². The van der Waals surface area contributed by atoms with E-state index in [0.717, 1.165) is 6.54 Å². The fourth-order valence-corrected chi connectivity index (χ4v) is 3.37. The standard InChI is InChI=1S/C20H27N5O/c1-17(18-9-4-2-5-10-18)22-20(26)19-11-16-25(23-19)14-7-3-6-13-24-15-8-12-21-24/h3,6-8,11-12,14-18H,2,4-5,9-10,13H2,1H3,(H,22,26)/b6-3+,14-7+/t17-/m0/s1. The van der Waals surface area contributed by atoms with Crippen LogP contribution in [0.4, 0.5) is 0 Å². The van der Waals surface area contributed by atoms with Crippen LogP contribution >= 0.6 is 0 Å². The van der Waals surface area contributed by atoms with Gasteiger partial charge in [0, 0.05) is 30.8 Å². The van der Waals surface area contributed by atoms with E-state index in [0.29, 0.717) is 11.6 Å². The summed E-state index contributed by atoms with van der Waals surface area (Å²) < 4.78 is 3.49. The molecule has 6 heteroatoms. The fraction of sp³-hybridized carbons (Fsp3) is 0.450. The molecular weight excluding hydrogens is 326 g/mol. The van der Waals surface area contributed by atoms with Crippen molar-refractivity contribution in [3.8, 4) is 0 Å². The Morgan fingerprint density at radius 3 is 2.92 bits per heavy atom. The summed E-state index contributed by atoms with van der Waals surface area (Å²) in [5, 5.41) is 11.6. The lowest BCUT2D eigenvalue weighted by atomic mass is 9.84. The monoisotopic (exact) mass is 353 g/mol.